The predicted octanol–water partition coefficient (Wildman–Crippen LogP) is 1.60. The van der Waals surface area contributed by atoms with Crippen LogP contribution in [0.4, 0.5) is 5.69 Å². The molecule has 7 heteroatoms. The van der Waals surface area contributed by atoms with Crippen LogP contribution in [0.15, 0.2) is 24.3 Å². The molecule has 0 spiro atoms. The molecule has 0 aliphatic carbocycles. The zero-order chi connectivity index (χ0) is 13.8. The fourth-order valence-electron chi connectivity index (χ4n) is 1.40. The summed E-state index contributed by atoms with van der Waals surface area (Å²) < 4.78 is -1.04. The highest BCUT2D eigenvalue weighted by molar-refractivity contribution is 8.05. The maximum atomic E-state index is 11.3. The summed E-state index contributed by atoms with van der Waals surface area (Å²) in [6.45, 7) is 1.57. The number of primary amides is 1. The number of nitriles is 1. The van der Waals surface area contributed by atoms with Gasteiger partial charge in [0.15, 0.2) is 0 Å². The molecule has 94 valence electrons. The van der Waals surface area contributed by atoms with Crippen LogP contribution in [0.1, 0.15) is 12.5 Å². The standard InChI is InChI=1S/C11H11N3O3S/c1-11(10(13)15,18-7-12)6-8-2-4-9(5-3-8)14(16)17/h2-5H,6H2,1H3,(H2,13,15)/t11-/m0/s1. The van der Waals surface area contributed by atoms with Crippen molar-refractivity contribution in [3.63, 3.8) is 0 Å². The number of nitro benzene ring substituents is 1. The van der Waals surface area contributed by atoms with Gasteiger partial charge in [0.1, 0.15) is 10.1 Å². The molecule has 0 saturated heterocycles. The van der Waals surface area contributed by atoms with Gasteiger partial charge in [-0.1, -0.05) is 12.1 Å². The second-order valence-electron chi connectivity index (χ2n) is 3.89. The molecule has 18 heavy (non-hydrogen) atoms. The first-order chi connectivity index (χ1) is 8.39. The van der Waals surface area contributed by atoms with E-state index in [-0.39, 0.29) is 12.1 Å². The largest absolute Gasteiger partial charge is 0.368 e. The van der Waals surface area contributed by atoms with Crippen LogP contribution >= 0.6 is 11.8 Å². The molecule has 1 rings (SSSR count). The number of carbonyl (C=O) groups is 1. The van der Waals surface area contributed by atoms with Crippen LogP contribution in [0, 0.1) is 20.8 Å². The molecule has 1 atom stereocenters. The lowest BCUT2D eigenvalue weighted by Gasteiger charge is -2.21. The number of non-ortho nitro benzene ring substituents is 1. The highest BCUT2D eigenvalue weighted by Crippen LogP contribution is 2.28. The molecular weight excluding hydrogens is 254 g/mol. The van der Waals surface area contributed by atoms with Crippen LogP contribution in [0.25, 0.3) is 0 Å². The summed E-state index contributed by atoms with van der Waals surface area (Å²) in [4.78, 5) is 21.3. The van der Waals surface area contributed by atoms with Gasteiger partial charge in [0.2, 0.25) is 5.91 Å². The summed E-state index contributed by atoms with van der Waals surface area (Å²) in [6.07, 6.45) is 0.249. The number of nitrogens with two attached hydrogens (primary N) is 1. The number of hydrogen-bond donors (Lipinski definition) is 1. The van der Waals surface area contributed by atoms with Gasteiger partial charge < -0.3 is 5.73 Å². The Morgan fingerprint density at radius 1 is 1.56 bits per heavy atom. The number of amides is 1. The van der Waals surface area contributed by atoms with E-state index in [1.54, 1.807) is 19.1 Å². The first kappa shape index (κ1) is 14.0. The Hall–Kier alpha value is -2.07. The van der Waals surface area contributed by atoms with Gasteiger partial charge >= 0.3 is 0 Å². The SMILES string of the molecule is C[C@@](Cc1ccc([N+](=O)[O-])cc1)(SC#N)C(N)=O. The number of thiocyanates is 1. The molecule has 1 aromatic rings. The van der Waals surface area contributed by atoms with Gasteiger partial charge in [0, 0.05) is 12.1 Å². The number of rotatable bonds is 5. The first-order valence-electron chi connectivity index (χ1n) is 4.99. The first-order valence-corrected chi connectivity index (χ1v) is 5.81. The van der Waals surface area contributed by atoms with Crippen molar-refractivity contribution in [2.24, 2.45) is 5.73 Å². The molecule has 0 bridgehead atoms. The zero-order valence-corrected chi connectivity index (χ0v) is 10.4. The summed E-state index contributed by atoms with van der Waals surface area (Å²) in [6, 6.07) is 5.82. The van der Waals surface area contributed by atoms with Crippen molar-refractivity contribution in [1.82, 2.24) is 0 Å². The average Bonchev–Trinajstić information content (AvgIpc) is 2.29. The van der Waals surface area contributed by atoms with E-state index in [4.69, 9.17) is 11.0 Å². The molecule has 0 aliphatic rings. The Bertz CT molecular complexity index is 509. The van der Waals surface area contributed by atoms with E-state index in [0.717, 1.165) is 11.8 Å². The molecular formula is C11H11N3O3S. The summed E-state index contributed by atoms with van der Waals surface area (Å²) >= 11 is 0.789. The number of nitro groups is 1. The van der Waals surface area contributed by atoms with Crippen molar-refractivity contribution in [3.8, 4) is 5.40 Å². The Kier molecular flexibility index (Phi) is 4.28. The van der Waals surface area contributed by atoms with Crippen LogP contribution in [-0.2, 0) is 11.2 Å². The molecule has 2 N–H and O–H groups in total. The number of nitrogens with zero attached hydrogens (tertiary/aromatic N) is 2. The van der Waals surface area contributed by atoms with Crippen molar-refractivity contribution in [2.75, 3.05) is 0 Å². The molecule has 0 heterocycles. The van der Waals surface area contributed by atoms with Gasteiger partial charge in [-0.25, -0.2) is 0 Å². The van der Waals surface area contributed by atoms with E-state index in [1.807, 2.05) is 5.40 Å². The second kappa shape index (κ2) is 5.51. The highest BCUT2D eigenvalue weighted by Gasteiger charge is 2.32. The van der Waals surface area contributed by atoms with Crippen LogP contribution in [-0.4, -0.2) is 15.6 Å². The van der Waals surface area contributed by atoms with Crippen LogP contribution < -0.4 is 5.73 Å². The third-order valence-electron chi connectivity index (χ3n) is 2.48. The van der Waals surface area contributed by atoms with Crippen LogP contribution in [0.2, 0.25) is 0 Å². The second-order valence-corrected chi connectivity index (χ2v) is 5.18. The van der Waals surface area contributed by atoms with E-state index >= 15 is 0 Å². The number of thioether (sulfide) groups is 1. The summed E-state index contributed by atoms with van der Waals surface area (Å²) in [5.74, 6) is -0.590. The Labute approximate surface area is 108 Å². The molecule has 6 nitrogen and oxygen atoms in total. The highest BCUT2D eigenvalue weighted by atomic mass is 32.2. The quantitative estimate of drug-likeness (QED) is 0.494. The van der Waals surface area contributed by atoms with Crippen molar-refractivity contribution in [3.05, 3.63) is 39.9 Å². The van der Waals surface area contributed by atoms with Gasteiger partial charge in [-0.15, -0.1) is 0 Å². The Balaban J connectivity index is 2.92. The predicted molar refractivity (Wildman–Crippen MR) is 67.6 cm³/mol. The third-order valence-corrected chi connectivity index (χ3v) is 3.37. The van der Waals surface area contributed by atoms with Crippen molar-refractivity contribution >= 4 is 23.4 Å². The van der Waals surface area contributed by atoms with Crippen molar-refractivity contribution < 1.29 is 9.72 Å². The minimum absolute atomic E-state index is 0.0209. The van der Waals surface area contributed by atoms with Gasteiger partial charge in [-0.2, -0.15) is 5.26 Å². The number of carbonyl (C=O) groups excluding carboxylic acids is 1. The van der Waals surface area contributed by atoms with Crippen molar-refractivity contribution in [2.45, 2.75) is 18.1 Å². The lowest BCUT2D eigenvalue weighted by Crippen LogP contribution is -2.39. The van der Waals surface area contributed by atoms with Crippen LogP contribution in [0.3, 0.4) is 0 Å². The summed E-state index contributed by atoms with van der Waals surface area (Å²) in [5.41, 5.74) is 5.96. The van der Waals surface area contributed by atoms with E-state index in [2.05, 4.69) is 0 Å². The molecule has 0 fully saturated rings. The minimum Gasteiger partial charge on any atom is -0.368 e. The fourth-order valence-corrected chi connectivity index (χ4v) is 1.94. The van der Waals surface area contributed by atoms with E-state index in [9.17, 15) is 14.9 Å². The third kappa shape index (κ3) is 3.21. The molecule has 1 aromatic carbocycles. The molecule has 0 aromatic heterocycles. The van der Waals surface area contributed by atoms with Gasteiger partial charge in [0.05, 0.1) is 4.92 Å². The van der Waals surface area contributed by atoms with Gasteiger partial charge in [-0.3, -0.25) is 14.9 Å². The van der Waals surface area contributed by atoms with Gasteiger partial charge in [0.25, 0.3) is 5.69 Å². The molecule has 0 saturated carbocycles. The minimum atomic E-state index is -1.04. The maximum absolute atomic E-state index is 11.3. The van der Waals surface area contributed by atoms with E-state index in [0.29, 0.717) is 5.56 Å². The normalized spacial score (nSPS) is 13.3. The Morgan fingerprint density at radius 2 is 2.11 bits per heavy atom. The number of hydrogen-bond acceptors (Lipinski definition) is 5. The molecule has 0 radical (unpaired) electrons. The molecule has 0 unspecified atom stereocenters. The smallest absolute Gasteiger partial charge is 0.269 e. The number of benzene rings is 1. The van der Waals surface area contributed by atoms with E-state index < -0.39 is 15.6 Å². The van der Waals surface area contributed by atoms with Crippen LogP contribution in [0.5, 0.6) is 0 Å². The Morgan fingerprint density at radius 3 is 2.50 bits per heavy atom. The maximum Gasteiger partial charge on any atom is 0.269 e. The molecule has 0 aliphatic heterocycles. The van der Waals surface area contributed by atoms with E-state index in [1.165, 1.54) is 12.1 Å². The zero-order valence-electron chi connectivity index (χ0n) is 9.62. The molecule has 1 amide bonds. The summed E-state index contributed by atoms with van der Waals surface area (Å²) in [7, 11) is 0. The lowest BCUT2D eigenvalue weighted by atomic mass is 9.99. The topological polar surface area (TPSA) is 110 Å². The summed E-state index contributed by atoms with van der Waals surface area (Å²) in [5, 5.41) is 21.0. The average molecular weight is 265 g/mol. The van der Waals surface area contributed by atoms with Gasteiger partial charge in [-0.05, 0) is 30.7 Å². The fraction of sp³-hybridized carbons (Fsp3) is 0.273. The van der Waals surface area contributed by atoms with Crippen molar-refractivity contribution in [1.29, 1.82) is 5.26 Å². The lowest BCUT2D eigenvalue weighted by molar-refractivity contribution is -0.384. The monoisotopic (exact) mass is 265 g/mol.